The standard InChI is InChI=1S/C10H20O6Si/c1-6-10(16-9(11)7-8-12-2)17(13-3,14-4)15-5/h7-8,10H,6H2,1-5H3. The van der Waals surface area contributed by atoms with E-state index < -0.39 is 20.5 Å². The second kappa shape index (κ2) is 8.23. The van der Waals surface area contributed by atoms with Crippen LogP contribution in [0.3, 0.4) is 0 Å². The maximum atomic E-state index is 11.4. The molecule has 0 aliphatic carbocycles. The van der Waals surface area contributed by atoms with E-state index in [0.717, 1.165) is 0 Å². The summed E-state index contributed by atoms with van der Waals surface area (Å²) >= 11 is 0. The highest BCUT2D eigenvalue weighted by Crippen LogP contribution is 2.18. The highest BCUT2D eigenvalue weighted by Gasteiger charge is 2.49. The van der Waals surface area contributed by atoms with Crippen LogP contribution in [0.4, 0.5) is 0 Å². The van der Waals surface area contributed by atoms with Gasteiger partial charge in [-0.2, -0.15) is 0 Å². The molecule has 7 heteroatoms. The van der Waals surface area contributed by atoms with Gasteiger partial charge in [0.15, 0.2) is 5.73 Å². The van der Waals surface area contributed by atoms with Crippen LogP contribution in [0, 0.1) is 0 Å². The normalized spacial score (nSPS) is 13.7. The summed E-state index contributed by atoms with van der Waals surface area (Å²) in [6.07, 6.45) is 2.96. The lowest BCUT2D eigenvalue weighted by Gasteiger charge is -2.30. The van der Waals surface area contributed by atoms with Crippen molar-refractivity contribution in [3.8, 4) is 0 Å². The van der Waals surface area contributed by atoms with Crippen LogP contribution >= 0.6 is 0 Å². The van der Waals surface area contributed by atoms with Gasteiger partial charge in [-0.05, 0) is 6.42 Å². The average Bonchev–Trinajstić information content (AvgIpc) is 2.37. The summed E-state index contributed by atoms with van der Waals surface area (Å²) in [6.45, 7) is 1.86. The van der Waals surface area contributed by atoms with Crippen molar-refractivity contribution in [1.29, 1.82) is 0 Å². The van der Waals surface area contributed by atoms with Gasteiger partial charge in [0, 0.05) is 21.3 Å². The molecule has 6 nitrogen and oxygen atoms in total. The summed E-state index contributed by atoms with van der Waals surface area (Å²) in [5.74, 6) is -0.526. The Morgan fingerprint density at radius 3 is 2.06 bits per heavy atom. The Kier molecular flexibility index (Phi) is 7.80. The van der Waals surface area contributed by atoms with E-state index in [0.29, 0.717) is 6.42 Å². The molecule has 0 aliphatic rings. The van der Waals surface area contributed by atoms with Crippen molar-refractivity contribution in [2.75, 3.05) is 28.4 Å². The number of hydrogen-bond acceptors (Lipinski definition) is 6. The van der Waals surface area contributed by atoms with E-state index >= 15 is 0 Å². The van der Waals surface area contributed by atoms with Crippen molar-refractivity contribution in [1.82, 2.24) is 0 Å². The predicted molar refractivity (Wildman–Crippen MR) is 63.1 cm³/mol. The first-order valence-corrected chi connectivity index (χ1v) is 6.95. The Bertz CT molecular complexity index is 243. The summed E-state index contributed by atoms with van der Waals surface area (Å²) in [7, 11) is 2.90. The van der Waals surface area contributed by atoms with Gasteiger partial charge in [-0.1, -0.05) is 6.92 Å². The molecule has 0 aromatic carbocycles. The molecule has 0 aromatic rings. The van der Waals surface area contributed by atoms with Crippen LogP contribution in [0.5, 0.6) is 0 Å². The van der Waals surface area contributed by atoms with Crippen LogP contribution in [0.15, 0.2) is 12.3 Å². The molecule has 0 saturated heterocycles. The van der Waals surface area contributed by atoms with Gasteiger partial charge in [0.1, 0.15) is 0 Å². The Hall–Kier alpha value is -0.893. The van der Waals surface area contributed by atoms with Crippen molar-refractivity contribution in [3.05, 3.63) is 12.3 Å². The molecule has 0 amide bonds. The van der Waals surface area contributed by atoms with Gasteiger partial charge in [0.25, 0.3) is 0 Å². The topological polar surface area (TPSA) is 63.2 Å². The first-order valence-electron chi connectivity index (χ1n) is 5.15. The molecular weight excluding hydrogens is 244 g/mol. The maximum absolute atomic E-state index is 11.4. The second-order valence-corrected chi connectivity index (χ2v) is 6.16. The predicted octanol–water partition coefficient (Wildman–Crippen LogP) is 0.886. The van der Waals surface area contributed by atoms with E-state index in [1.54, 1.807) is 0 Å². The fraction of sp³-hybridized carbons (Fsp3) is 0.700. The van der Waals surface area contributed by atoms with Crippen molar-refractivity contribution in [2.24, 2.45) is 0 Å². The first kappa shape index (κ1) is 16.1. The molecule has 0 heterocycles. The lowest BCUT2D eigenvalue weighted by atomic mass is 10.5. The minimum atomic E-state index is -2.97. The molecule has 0 radical (unpaired) electrons. The zero-order chi connectivity index (χ0) is 13.3. The zero-order valence-electron chi connectivity index (χ0n) is 10.9. The highest BCUT2D eigenvalue weighted by molar-refractivity contribution is 6.62. The van der Waals surface area contributed by atoms with Crippen molar-refractivity contribution < 1.29 is 27.5 Å². The number of carbonyl (C=O) groups excluding carboxylic acids is 1. The fourth-order valence-corrected chi connectivity index (χ4v) is 3.40. The van der Waals surface area contributed by atoms with Crippen molar-refractivity contribution >= 4 is 14.8 Å². The molecule has 0 aromatic heterocycles. The van der Waals surface area contributed by atoms with Crippen LogP contribution in [-0.4, -0.2) is 48.9 Å². The lowest BCUT2D eigenvalue weighted by Crippen LogP contribution is -2.55. The van der Waals surface area contributed by atoms with Gasteiger partial charge in [0.05, 0.1) is 19.4 Å². The summed E-state index contributed by atoms with van der Waals surface area (Å²) in [6, 6.07) is 0. The molecule has 1 atom stereocenters. The van der Waals surface area contributed by atoms with Gasteiger partial charge >= 0.3 is 14.8 Å². The number of methoxy groups -OCH3 is 1. The molecule has 0 spiro atoms. The summed E-state index contributed by atoms with van der Waals surface area (Å²) in [4.78, 5) is 11.4. The third kappa shape index (κ3) is 4.47. The highest BCUT2D eigenvalue weighted by atomic mass is 28.4. The fourth-order valence-electron chi connectivity index (χ4n) is 1.35. The molecule has 0 N–H and O–H groups in total. The Morgan fingerprint density at radius 1 is 1.18 bits per heavy atom. The molecule has 0 bridgehead atoms. The Balaban J connectivity index is 4.70. The van der Waals surface area contributed by atoms with Crippen LogP contribution in [0.2, 0.25) is 0 Å². The molecule has 0 rings (SSSR count). The number of ether oxygens (including phenoxy) is 2. The monoisotopic (exact) mass is 264 g/mol. The van der Waals surface area contributed by atoms with Crippen LogP contribution < -0.4 is 0 Å². The van der Waals surface area contributed by atoms with Gasteiger partial charge < -0.3 is 22.8 Å². The summed E-state index contributed by atoms with van der Waals surface area (Å²) in [5.41, 5.74) is -0.545. The molecule has 0 aliphatic heterocycles. The number of carbonyl (C=O) groups is 1. The largest absolute Gasteiger partial charge is 0.543 e. The van der Waals surface area contributed by atoms with Gasteiger partial charge in [0.2, 0.25) is 0 Å². The smallest absolute Gasteiger partial charge is 0.504 e. The van der Waals surface area contributed by atoms with Crippen LogP contribution in [0.1, 0.15) is 13.3 Å². The van der Waals surface area contributed by atoms with Crippen LogP contribution in [0.25, 0.3) is 0 Å². The minimum Gasteiger partial charge on any atom is -0.504 e. The molecule has 0 saturated carbocycles. The third-order valence-corrected chi connectivity index (χ3v) is 5.24. The van der Waals surface area contributed by atoms with Gasteiger partial charge in [-0.3, -0.25) is 0 Å². The lowest BCUT2D eigenvalue weighted by molar-refractivity contribution is -0.142. The second-order valence-electron chi connectivity index (χ2n) is 3.09. The minimum absolute atomic E-state index is 0.526. The Labute approximate surface area is 103 Å². The summed E-state index contributed by atoms with van der Waals surface area (Å²) in [5, 5.41) is 0. The Morgan fingerprint density at radius 2 is 1.71 bits per heavy atom. The number of rotatable bonds is 8. The van der Waals surface area contributed by atoms with E-state index in [-0.39, 0.29) is 0 Å². The molecule has 0 fully saturated rings. The maximum Gasteiger partial charge on any atom is 0.543 e. The van der Waals surface area contributed by atoms with E-state index in [1.165, 1.54) is 40.8 Å². The molecule has 17 heavy (non-hydrogen) atoms. The van der Waals surface area contributed by atoms with E-state index in [1.807, 2.05) is 6.92 Å². The zero-order valence-corrected chi connectivity index (χ0v) is 11.9. The van der Waals surface area contributed by atoms with Gasteiger partial charge in [-0.25, -0.2) is 4.79 Å². The van der Waals surface area contributed by atoms with Gasteiger partial charge in [-0.15, -0.1) is 0 Å². The first-order chi connectivity index (χ1) is 8.10. The number of esters is 1. The van der Waals surface area contributed by atoms with E-state index in [9.17, 15) is 4.79 Å². The molecule has 1 unspecified atom stereocenters. The summed E-state index contributed by atoms with van der Waals surface area (Å²) < 4.78 is 25.6. The average molecular weight is 264 g/mol. The SMILES string of the molecule is CCC(OC(=O)C=COC)[Si](OC)(OC)OC. The molecular formula is C10H20O6Si. The molecule has 100 valence electrons. The van der Waals surface area contributed by atoms with E-state index in [2.05, 4.69) is 4.74 Å². The van der Waals surface area contributed by atoms with Crippen LogP contribution in [-0.2, 0) is 27.5 Å². The van der Waals surface area contributed by atoms with Crippen molar-refractivity contribution in [2.45, 2.75) is 19.1 Å². The third-order valence-electron chi connectivity index (χ3n) is 2.22. The quantitative estimate of drug-likeness (QED) is 0.281. The van der Waals surface area contributed by atoms with Crippen molar-refractivity contribution in [3.63, 3.8) is 0 Å². The number of hydrogen-bond donors (Lipinski definition) is 0. The van der Waals surface area contributed by atoms with E-state index in [4.69, 9.17) is 18.0 Å².